The minimum absolute atomic E-state index is 0.0525. The molecule has 1 aromatic heterocycles. The topological polar surface area (TPSA) is 117 Å². The van der Waals surface area contributed by atoms with Gasteiger partial charge in [-0.3, -0.25) is 4.90 Å². The highest BCUT2D eigenvalue weighted by Crippen LogP contribution is 2.19. The maximum atomic E-state index is 12.0. The van der Waals surface area contributed by atoms with Crippen LogP contribution in [0.2, 0.25) is 0 Å². The summed E-state index contributed by atoms with van der Waals surface area (Å²) in [5, 5.41) is 14.9. The van der Waals surface area contributed by atoms with E-state index in [1.165, 1.54) is 6.26 Å². The molecule has 2 fully saturated rings. The molecular formula is C18H34N8O3S. The number of ether oxygens (including phenoxy) is 1. The van der Waals surface area contributed by atoms with Crippen molar-refractivity contribution in [3.8, 4) is 0 Å². The Kier molecular flexibility index (Phi) is 8.03. The molecule has 2 N–H and O–H groups in total. The zero-order chi connectivity index (χ0) is 21.6. The number of guanidine groups is 1. The van der Waals surface area contributed by atoms with E-state index in [2.05, 4.69) is 30.7 Å². The first-order valence-corrected chi connectivity index (χ1v) is 12.3. The molecule has 11 nitrogen and oxygen atoms in total. The van der Waals surface area contributed by atoms with Gasteiger partial charge >= 0.3 is 0 Å². The van der Waals surface area contributed by atoms with Crippen molar-refractivity contribution >= 4 is 16.0 Å². The molecule has 0 aromatic carbocycles. The lowest BCUT2D eigenvalue weighted by Crippen LogP contribution is -2.48. The Morgan fingerprint density at radius 2 is 2.00 bits per heavy atom. The molecule has 2 saturated heterocycles. The number of sulfonamides is 1. The normalized spacial score (nSPS) is 21.8. The predicted octanol–water partition coefficient (Wildman–Crippen LogP) is -1.09. The molecular weight excluding hydrogens is 408 g/mol. The van der Waals surface area contributed by atoms with Gasteiger partial charge in [0.25, 0.3) is 0 Å². The zero-order valence-electron chi connectivity index (χ0n) is 18.2. The molecule has 2 aliphatic rings. The van der Waals surface area contributed by atoms with Gasteiger partial charge in [-0.25, -0.2) is 13.4 Å². The van der Waals surface area contributed by atoms with Crippen LogP contribution in [0, 0.1) is 6.92 Å². The van der Waals surface area contributed by atoms with Crippen LogP contribution >= 0.6 is 0 Å². The molecule has 0 amide bonds. The summed E-state index contributed by atoms with van der Waals surface area (Å²) in [5.74, 6) is 2.27. The first kappa shape index (κ1) is 22.9. The van der Waals surface area contributed by atoms with Gasteiger partial charge in [-0.1, -0.05) is 0 Å². The van der Waals surface area contributed by atoms with Gasteiger partial charge in [-0.2, -0.15) is 4.31 Å². The number of aromatic nitrogens is 3. The summed E-state index contributed by atoms with van der Waals surface area (Å²) in [6.07, 6.45) is 3.01. The fraction of sp³-hybridized carbons (Fsp3) is 0.833. The first-order valence-electron chi connectivity index (χ1n) is 10.5. The number of hydrogen-bond acceptors (Lipinski definition) is 7. The molecule has 3 rings (SSSR count). The molecule has 0 spiro atoms. The van der Waals surface area contributed by atoms with Crippen molar-refractivity contribution in [3.63, 3.8) is 0 Å². The number of nitrogens with zero attached hydrogens (tertiary/aromatic N) is 6. The highest BCUT2D eigenvalue weighted by atomic mass is 32.2. The fourth-order valence-electron chi connectivity index (χ4n) is 3.73. The van der Waals surface area contributed by atoms with E-state index in [0.717, 1.165) is 63.9 Å². The maximum absolute atomic E-state index is 12.0. The van der Waals surface area contributed by atoms with Gasteiger partial charge < -0.3 is 19.9 Å². The molecule has 0 saturated carbocycles. The number of morpholine rings is 1. The molecule has 0 bridgehead atoms. The molecule has 12 heteroatoms. The Labute approximate surface area is 178 Å². The third-order valence-electron chi connectivity index (χ3n) is 5.64. The highest BCUT2D eigenvalue weighted by Gasteiger charge is 2.31. The van der Waals surface area contributed by atoms with Crippen LogP contribution in [0.15, 0.2) is 4.99 Å². The quantitative estimate of drug-likeness (QED) is 0.386. The average Bonchev–Trinajstić information content (AvgIpc) is 3.32. The van der Waals surface area contributed by atoms with Crippen LogP contribution in [0.3, 0.4) is 0 Å². The molecule has 0 radical (unpaired) electrons. The van der Waals surface area contributed by atoms with Crippen molar-refractivity contribution in [2.24, 2.45) is 12.0 Å². The number of rotatable bonds is 8. The van der Waals surface area contributed by atoms with Gasteiger partial charge in [0.1, 0.15) is 12.4 Å². The smallest absolute Gasteiger partial charge is 0.211 e. The number of aliphatic imine (C=N–C) groups is 1. The van der Waals surface area contributed by atoms with E-state index in [9.17, 15) is 8.42 Å². The summed E-state index contributed by atoms with van der Waals surface area (Å²) in [5.41, 5.74) is 0. The van der Waals surface area contributed by atoms with E-state index in [1.807, 2.05) is 18.5 Å². The predicted molar refractivity (Wildman–Crippen MR) is 115 cm³/mol. The summed E-state index contributed by atoms with van der Waals surface area (Å²) in [7, 11) is -1.28. The van der Waals surface area contributed by atoms with Gasteiger partial charge in [0.15, 0.2) is 11.8 Å². The minimum atomic E-state index is -3.20. The molecule has 2 aliphatic heterocycles. The van der Waals surface area contributed by atoms with Gasteiger partial charge in [0, 0.05) is 52.4 Å². The summed E-state index contributed by atoms with van der Waals surface area (Å²) < 4.78 is 32.9. The second-order valence-corrected chi connectivity index (χ2v) is 9.75. The number of hydrogen-bond donors (Lipinski definition) is 2. The lowest BCUT2D eigenvalue weighted by Gasteiger charge is -2.27. The standard InChI is InChI=1S/C18H34N8O3S/c1-15-22-23-17(24(15)2)14-21-18(19-6-8-25-9-11-29-12-10-25)20-13-16-5-4-7-26(16)30(3,27)28/h16H,4-14H2,1-3H3,(H2,19,20,21)/t16-/m1/s1. The van der Waals surface area contributed by atoms with Crippen LogP contribution < -0.4 is 10.6 Å². The SMILES string of the molecule is Cc1nnc(CN=C(NCCN2CCOCC2)NC[C@H]2CCCN2S(C)(=O)=O)n1C. The Hall–Kier alpha value is -1.76. The van der Waals surface area contributed by atoms with E-state index in [0.29, 0.717) is 25.6 Å². The molecule has 170 valence electrons. The van der Waals surface area contributed by atoms with E-state index < -0.39 is 10.0 Å². The monoisotopic (exact) mass is 442 g/mol. The van der Waals surface area contributed by atoms with Crippen LogP contribution in [0.5, 0.6) is 0 Å². The minimum Gasteiger partial charge on any atom is -0.379 e. The van der Waals surface area contributed by atoms with Gasteiger partial charge in [-0.05, 0) is 19.8 Å². The van der Waals surface area contributed by atoms with Crippen molar-refractivity contribution in [2.45, 2.75) is 32.4 Å². The Bertz CT molecular complexity index is 819. The molecule has 3 heterocycles. The van der Waals surface area contributed by atoms with E-state index in [-0.39, 0.29) is 6.04 Å². The lowest BCUT2D eigenvalue weighted by atomic mass is 10.2. The van der Waals surface area contributed by atoms with Crippen LogP contribution in [0.4, 0.5) is 0 Å². The average molecular weight is 443 g/mol. The summed E-state index contributed by atoms with van der Waals surface area (Å²) in [6.45, 7) is 8.45. The summed E-state index contributed by atoms with van der Waals surface area (Å²) in [6, 6.07) is -0.0525. The molecule has 1 atom stereocenters. The second-order valence-electron chi connectivity index (χ2n) is 7.82. The fourth-order valence-corrected chi connectivity index (χ4v) is 4.92. The van der Waals surface area contributed by atoms with Gasteiger partial charge in [0.05, 0.1) is 19.5 Å². The zero-order valence-corrected chi connectivity index (χ0v) is 19.0. The highest BCUT2D eigenvalue weighted by molar-refractivity contribution is 7.88. The molecule has 1 aromatic rings. The van der Waals surface area contributed by atoms with Crippen LogP contribution in [-0.4, -0.2) is 103 Å². The van der Waals surface area contributed by atoms with E-state index >= 15 is 0 Å². The number of aryl methyl sites for hydroxylation is 1. The van der Waals surface area contributed by atoms with Gasteiger partial charge in [-0.15, -0.1) is 10.2 Å². The molecule has 0 aliphatic carbocycles. The number of nitrogens with one attached hydrogen (secondary N) is 2. The van der Waals surface area contributed by atoms with Crippen LogP contribution in [0.1, 0.15) is 24.5 Å². The summed E-state index contributed by atoms with van der Waals surface area (Å²) >= 11 is 0. The van der Waals surface area contributed by atoms with Crippen LogP contribution in [-0.2, 0) is 28.4 Å². The maximum Gasteiger partial charge on any atom is 0.211 e. The van der Waals surface area contributed by atoms with Gasteiger partial charge in [0.2, 0.25) is 10.0 Å². The van der Waals surface area contributed by atoms with Crippen molar-refractivity contribution in [1.29, 1.82) is 0 Å². The van der Waals surface area contributed by atoms with E-state index in [1.54, 1.807) is 4.31 Å². The Morgan fingerprint density at radius 3 is 2.67 bits per heavy atom. The third kappa shape index (κ3) is 6.37. The second kappa shape index (κ2) is 10.5. The van der Waals surface area contributed by atoms with E-state index in [4.69, 9.17) is 4.74 Å². The van der Waals surface area contributed by atoms with Crippen LogP contribution in [0.25, 0.3) is 0 Å². The summed E-state index contributed by atoms with van der Waals surface area (Å²) in [4.78, 5) is 7.01. The van der Waals surface area contributed by atoms with Crippen molar-refractivity contribution in [2.75, 3.05) is 58.7 Å². The molecule has 0 unspecified atom stereocenters. The Morgan fingerprint density at radius 1 is 1.23 bits per heavy atom. The third-order valence-corrected chi connectivity index (χ3v) is 6.97. The largest absolute Gasteiger partial charge is 0.379 e. The lowest BCUT2D eigenvalue weighted by molar-refractivity contribution is 0.0389. The molecule has 30 heavy (non-hydrogen) atoms. The first-order chi connectivity index (χ1) is 14.3. The van der Waals surface area contributed by atoms with Crippen molar-refractivity contribution in [1.82, 2.24) is 34.6 Å². The van der Waals surface area contributed by atoms with Crippen molar-refractivity contribution in [3.05, 3.63) is 11.6 Å². The Balaban J connectivity index is 1.59. The van der Waals surface area contributed by atoms with Crippen molar-refractivity contribution < 1.29 is 13.2 Å².